The number of carbonyl (C=O) groups is 1. The van der Waals surface area contributed by atoms with Crippen molar-refractivity contribution in [3.63, 3.8) is 0 Å². The number of halogens is 5. The van der Waals surface area contributed by atoms with Gasteiger partial charge in [0.1, 0.15) is 17.0 Å². The summed E-state index contributed by atoms with van der Waals surface area (Å²) in [5.41, 5.74) is 1.60. The molecular formula is C20H16F5N3O3. The Morgan fingerprint density at radius 2 is 2.06 bits per heavy atom. The van der Waals surface area contributed by atoms with E-state index in [1.807, 2.05) is 0 Å². The number of hydrogen-bond acceptors (Lipinski definition) is 5. The molecule has 0 amide bonds. The van der Waals surface area contributed by atoms with Crippen molar-refractivity contribution < 1.29 is 36.2 Å². The second-order valence-corrected chi connectivity index (χ2v) is 7.03. The number of nitrogens with zero attached hydrogens (tertiary/aromatic N) is 3. The Bertz CT molecular complexity index is 1100. The van der Waals surface area contributed by atoms with E-state index in [0.29, 0.717) is 22.9 Å². The molecule has 4 rings (SSSR count). The molecule has 1 saturated heterocycles. The van der Waals surface area contributed by atoms with Gasteiger partial charge in [0.05, 0.1) is 11.6 Å². The maximum atomic E-state index is 13.2. The normalized spacial score (nSPS) is 19.7. The molecule has 3 aromatic rings. The number of hydrogen-bond donors (Lipinski definition) is 0. The van der Waals surface area contributed by atoms with Crippen LogP contribution in [0.2, 0.25) is 0 Å². The molecule has 2 aromatic heterocycles. The third-order valence-corrected chi connectivity index (χ3v) is 5.00. The molecule has 0 N–H and O–H groups in total. The van der Waals surface area contributed by atoms with Gasteiger partial charge in [-0.1, -0.05) is 12.1 Å². The van der Waals surface area contributed by atoms with Gasteiger partial charge < -0.3 is 9.47 Å². The van der Waals surface area contributed by atoms with E-state index in [4.69, 9.17) is 4.74 Å². The van der Waals surface area contributed by atoms with Crippen LogP contribution in [0.3, 0.4) is 0 Å². The van der Waals surface area contributed by atoms with Crippen LogP contribution in [0.4, 0.5) is 22.0 Å². The Kier molecular flexibility index (Phi) is 5.61. The van der Waals surface area contributed by atoms with E-state index in [1.165, 1.54) is 35.1 Å². The standard InChI is InChI=1S/C20H16F5N3O3/c21-19(22)31-14-3-1-2-12(7-14)17-18-15(6-11(10-29)9-26-18)28(27-17)13-4-5-30-16(8-13)20(23,24)25/h1-3,6-7,9-10,13,16,19H,4-5,8H2. The highest BCUT2D eigenvalue weighted by Gasteiger charge is 2.44. The van der Waals surface area contributed by atoms with Crippen molar-refractivity contribution in [3.05, 3.63) is 42.1 Å². The van der Waals surface area contributed by atoms with Crippen molar-refractivity contribution in [2.75, 3.05) is 6.61 Å². The summed E-state index contributed by atoms with van der Waals surface area (Å²) in [6.45, 7) is -3.12. The van der Waals surface area contributed by atoms with Crippen LogP contribution in [0, 0.1) is 0 Å². The molecule has 6 nitrogen and oxygen atoms in total. The van der Waals surface area contributed by atoms with Crippen LogP contribution in [0.1, 0.15) is 29.2 Å². The lowest BCUT2D eigenvalue weighted by molar-refractivity contribution is -0.234. The Morgan fingerprint density at radius 1 is 1.26 bits per heavy atom. The van der Waals surface area contributed by atoms with Crippen LogP contribution in [-0.4, -0.2) is 46.5 Å². The molecule has 164 valence electrons. The number of aldehydes is 1. The maximum absolute atomic E-state index is 13.2. The van der Waals surface area contributed by atoms with Gasteiger partial charge in [-0.3, -0.25) is 14.5 Å². The van der Waals surface area contributed by atoms with Crippen molar-refractivity contribution in [2.45, 2.75) is 37.8 Å². The molecule has 31 heavy (non-hydrogen) atoms. The molecule has 11 heteroatoms. The van der Waals surface area contributed by atoms with Gasteiger partial charge in [-0.25, -0.2) is 0 Å². The lowest BCUT2D eigenvalue weighted by Gasteiger charge is -2.31. The first-order valence-electron chi connectivity index (χ1n) is 9.33. The van der Waals surface area contributed by atoms with E-state index in [-0.39, 0.29) is 36.5 Å². The number of rotatable bonds is 5. The van der Waals surface area contributed by atoms with E-state index >= 15 is 0 Å². The fourth-order valence-corrected chi connectivity index (χ4v) is 3.62. The largest absolute Gasteiger partial charge is 0.435 e. The molecule has 1 aliphatic heterocycles. The fourth-order valence-electron chi connectivity index (χ4n) is 3.62. The summed E-state index contributed by atoms with van der Waals surface area (Å²) in [4.78, 5) is 15.5. The van der Waals surface area contributed by atoms with Crippen LogP contribution < -0.4 is 4.74 Å². The molecule has 0 radical (unpaired) electrons. The summed E-state index contributed by atoms with van der Waals surface area (Å²) in [6, 6.07) is 6.62. The SMILES string of the molecule is O=Cc1cnc2c(-c3cccc(OC(F)F)c3)nn(C3CCOC(C(F)(F)F)C3)c2c1. The minimum Gasteiger partial charge on any atom is -0.435 e. The third kappa shape index (κ3) is 4.36. The number of ether oxygens (including phenoxy) is 2. The van der Waals surface area contributed by atoms with Crippen LogP contribution in [0.15, 0.2) is 36.5 Å². The smallest absolute Gasteiger partial charge is 0.414 e. The highest BCUT2D eigenvalue weighted by Crippen LogP contribution is 2.38. The zero-order valence-corrected chi connectivity index (χ0v) is 15.9. The molecule has 3 heterocycles. The van der Waals surface area contributed by atoms with E-state index in [2.05, 4.69) is 14.8 Å². The number of aromatic nitrogens is 3. The molecule has 0 saturated carbocycles. The van der Waals surface area contributed by atoms with E-state index in [9.17, 15) is 26.7 Å². The van der Waals surface area contributed by atoms with Crippen molar-refractivity contribution in [2.24, 2.45) is 0 Å². The van der Waals surface area contributed by atoms with Crippen molar-refractivity contribution in [3.8, 4) is 17.0 Å². The number of benzene rings is 1. The van der Waals surface area contributed by atoms with Gasteiger partial charge >= 0.3 is 12.8 Å². The monoisotopic (exact) mass is 441 g/mol. The van der Waals surface area contributed by atoms with Gasteiger partial charge in [0, 0.05) is 30.4 Å². The van der Waals surface area contributed by atoms with Gasteiger partial charge in [-0.2, -0.15) is 27.1 Å². The van der Waals surface area contributed by atoms with Crippen LogP contribution in [0.5, 0.6) is 5.75 Å². The molecule has 0 aliphatic carbocycles. The Balaban J connectivity index is 1.81. The minimum atomic E-state index is -4.52. The topological polar surface area (TPSA) is 66.2 Å². The zero-order valence-electron chi connectivity index (χ0n) is 15.9. The lowest BCUT2D eigenvalue weighted by atomic mass is 10.0. The van der Waals surface area contributed by atoms with Crippen molar-refractivity contribution in [1.29, 1.82) is 0 Å². The summed E-state index contributed by atoms with van der Waals surface area (Å²) < 4.78 is 75.4. The molecule has 0 spiro atoms. The highest BCUT2D eigenvalue weighted by atomic mass is 19.4. The molecule has 1 aromatic carbocycles. The number of pyridine rings is 1. The molecule has 1 aliphatic rings. The lowest BCUT2D eigenvalue weighted by Crippen LogP contribution is -2.38. The van der Waals surface area contributed by atoms with E-state index in [1.54, 1.807) is 6.07 Å². The predicted octanol–water partition coefficient (Wildman–Crippen LogP) is 4.79. The third-order valence-electron chi connectivity index (χ3n) is 5.00. The van der Waals surface area contributed by atoms with Crippen molar-refractivity contribution >= 4 is 17.3 Å². The first-order chi connectivity index (χ1) is 14.8. The summed E-state index contributed by atoms with van der Waals surface area (Å²) in [7, 11) is 0. The average molecular weight is 441 g/mol. The van der Waals surface area contributed by atoms with Crippen LogP contribution in [0.25, 0.3) is 22.3 Å². The van der Waals surface area contributed by atoms with Gasteiger partial charge in [0.2, 0.25) is 0 Å². The quantitative estimate of drug-likeness (QED) is 0.421. The number of fused-ring (bicyclic) bond motifs is 1. The highest BCUT2D eigenvalue weighted by molar-refractivity contribution is 5.93. The summed E-state index contributed by atoms with van der Waals surface area (Å²) in [5, 5.41) is 4.47. The molecule has 2 atom stereocenters. The first kappa shape index (κ1) is 21.2. The predicted molar refractivity (Wildman–Crippen MR) is 99.0 cm³/mol. The summed E-state index contributed by atoms with van der Waals surface area (Å²) >= 11 is 0. The molecule has 0 bridgehead atoms. The molecular weight excluding hydrogens is 425 g/mol. The molecule has 1 fully saturated rings. The van der Waals surface area contributed by atoms with Crippen LogP contribution in [-0.2, 0) is 4.74 Å². The fraction of sp³-hybridized carbons (Fsp3) is 0.350. The summed E-state index contributed by atoms with van der Waals surface area (Å²) in [5.74, 6) is -0.0945. The average Bonchev–Trinajstić information content (AvgIpc) is 3.12. The van der Waals surface area contributed by atoms with Gasteiger partial charge in [-0.05, 0) is 24.6 Å². The number of alkyl halides is 5. The maximum Gasteiger partial charge on any atom is 0.414 e. The zero-order chi connectivity index (χ0) is 22.2. The Labute approximate surface area is 172 Å². The van der Waals surface area contributed by atoms with E-state index < -0.39 is 24.9 Å². The Morgan fingerprint density at radius 3 is 2.77 bits per heavy atom. The van der Waals surface area contributed by atoms with Gasteiger partial charge in [-0.15, -0.1) is 0 Å². The van der Waals surface area contributed by atoms with E-state index in [0.717, 1.165) is 0 Å². The Hall–Kier alpha value is -3.08. The van der Waals surface area contributed by atoms with Crippen LogP contribution >= 0.6 is 0 Å². The molecule has 2 unspecified atom stereocenters. The van der Waals surface area contributed by atoms with Crippen molar-refractivity contribution in [1.82, 2.24) is 14.8 Å². The second kappa shape index (κ2) is 8.22. The van der Waals surface area contributed by atoms with Gasteiger partial charge in [0.15, 0.2) is 12.4 Å². The van der Waals surface area contributed by atoms with Gasteiger partial charge in [0.25, 0.3) is 0 Å². The number of carbonyl (C=O) groups excluding carboxylic acids is 1. The summed E-state index contributed by atoms with van der Waals surface area (Å²) in [6.07, 6.45) is -4.63. The first-order valence-corrected chi connectivity index (χ1v) is 9.33. The second-order valence-electron chi connectivity index (χ2n) is 7.03. The minimum absolute atomic E-state index is 0.0945.